The van der Waals surface area contributed by atoms with Gasteiger partial charge in [-0.05, 0) is 30.7 Å². The molecule has 0 heterocycles. The molecule has 4 heteroatoms. The number of hydrogen-bond donors (Lipinski definition) is 1. The third-order valence-electron chi connectivity index (χ3n) is 2.54. The summed E-state index contributed by atoms with van der Waals surface area (Å²) < 4.78 is 13.2. The van der Waals surface area contributed by atoms with Gasteiger partial charge in [-0.1, -0.05) is 25.3 Å². The lowest BCUT2D eigenvalue weighted by Crippen LogP contribution is -2.06. The average molecular weight is 260 g/mol. The number of Topliss-reactive ketones (excluding diaryl/α,β-unsaturated/α-hetero) is 1. The standard InChI is InChI=1S/C15H13FO3/c1-4-5-13(10(3)16)14(17)11-6-7-12(15(18)19)9(2)8-11/h4-8H,1,3H2,2H3,(H,18,19)/b13-5+. The second-order valence-corrected chi connectivity index (χ2v) is 3.88. The fourth-order valence-corrected chi connectivity index (χ4v) is 1.61. The van der Waals surface area contributed by atoms with Gasteiger partial charge in [0.1, 0.15) is 5.83 Å². The zero-order chi connectivity index (χ0) is 14.6. The van der Waals surface area contributed by atoms with Crippen molar-refractivity contribution in [1.82, 2.24) is 0 Å². The molecular formula is C15H13FO3. The Labute approximate surface area is 110 Å². The van der Waals surface area contributed by atoms with Crippen molar-refractivity contribution in [2.24, 2.45) is 0 Å². The minimum atomic E-state index is -1.08. The molecule has 98 valence electrons. The molecule has 0 aromatic heterocycles. The van der Waals surface area contributed by atoms with Crippen LogP contribution in [0.5, 0.6) is 0 Å². The third kappa shape index (κ3) is 3.25. The number of hydrogen-bond acceptors (Lipinski definition) is 2. The van der Waals surface area contributed by atoms with E-state index in [1.807, 2.05) is 0 Å². The average Bonchev–Trinajstić information content (AvgIpc) is 2.34. The van der Waals surface area contributed by atoms with Crippen LogP contribution in [0.15, 0.2) is 54.9 Å². The number of carbonyl (C=O) groups excluding carboxylic acids is 1. The van der Waals surface area contributed by atoms with Crippen LogP contribution >= 0.6 is 0 Å². The molecule has 0 saturated heterocycles. The molecule has 0 aliphatic heterocycles. The lowest BCUT2D eigenvalue weighted by molar-refractivity contribution is 0.0695. The summed E-state index contributed by atoms with van der Waals surface area (Å²) in [4.78, 5) is 22.9. The van der Waals surface area contributed by atoms with E-state index in [1.165, 1.54) is 30.4 Å². The number of halogens is 1. The van der Waals surface area contributed by atoms with Gasteiger partial charge in [-0.2, -0.15) is 0 Å². The SMILES string of the molecule is C=C/C=C(\C(=C)F)C(=O)c1ccc(C(=O)O)c(C)c1. The van der Waals surface area contributed by atoms with Gasteiger partial charge in [-0.25, -0.2) is 9.18 Å². The molecular weight excluding hydrogens is 247 g/mol. The Hall–Kier alpha value is -2.49. The second-order valence-electron chi connectivity index (χ2n) is 3.88. The molecule has 1 rings (SSSR count). The summed E-state index contributed by atoms with van der Waals surface area (Å²) in [5, 5.41) is 8.89. The van der Waals surface area contributed by atoms with Crippen LogP contribution in [0.2, 0.25) is 0 Å². The maximum atomic E-state index is 13.2. The third-order valence-corrected chi connectivity index (χ3v) is 2.54. The monoisotopic (exact) mass is 260 g/mol. The normalized spacial score (nSPS) is 10.9. The molecule has 1 N–H and O–H groups in total. The minimum Gasteiger partial charge on any atom is -0.478 e. The highest BCUT2D eigenvalue weighted by Crippen LogP contribution is 2.19. The summed E-state index contributed by atoms with van der Waals surface area (Å²) >= 11 is 0. The molecule has 0 aliphatic carbocycles. The first-order valence-electron chi connectivity index (χ1n) is 5.44. The molecule has 3 nitrogen and oxygen atoms in total. The van der Waals surface area contributed by atoms with Gasteiger partial charge >= 0.3 is 5.97 Å². The zero-order valence-electron chi connectivity index (χ0n) is 10.4. The van der Waals surface area contributed by atoms with Crippen LogP contribution in [0.25, 0.3) is 0 Å². The number of aryl methyl sites for hydroxylation is 1. The molecule has 0 radical (unpaired) electrons. The zero-order valence-corrected chi connectivity index (χ0v) is 10.4. The molecule has 0 spiro atoms. The van der Waals surface area contributed by atoms with Crippen molar-refractivity contribution in [2.75, 3.05) is 0 Å². The lowest BCUT2D eigenvalue weighted by Gasteiger charge is -2.06. The minimum absolute atomic E-state index is 0.102. The van der Waals surface area contributed by atoms with E-state index in [0.717, 1.165) is 0 Å². The Kier molecular flexibility index (Phi) is 4.53. The van der Waals surface area contributed by atoms with Crippen molar-refractivity contribution in [3.8, 4) is 0 Å². The smallest absolute Gasteiger partial charge is 0.335 e. The quantitative estimate of drug-likeness (QED) is 0.501. The fraction of sp³-hybridized carbons (Fsp3) is 0.0667. The van der Waals surface area contributed by atoms with Gasteiger partial charge in [0.2, 0.25) is 0 Å². The van der Waals surface area contributed by atoms with Crippen LogP contribution in [0.1, 0.15) is 26.3 Å². The number of carbonyl (C=O) groups is 2. The van der Waals surface area contributed by atoms with Crippen molar-refractivity contribution >= 4 is 11.8 Å². The molecule has 0 saturated carbocycles. The van der Waals surface area contributed by atoms with Gasteiger partial charge in [0.25, 0.3) is 0 Å². The molecule has 0 amide bonds. The highest BCUT2D eigenvalue weighted by Gasteiger charge is 2.16. The van der Waals surface area contributed by atoms with Crippen molar-refractivity contribution in [2.45, 2.75) is 6.92 Å². The van der Waals surface area contributed by atoms with Crippen molar-refractivity contribution in [3.05, 3.63) is 71.6 Å². The van der Waals surface area contributed by atoms with Gasteiger partial charge < -0.3 is 5.11 Å². The molecule has 0 atom stereocenters. The predicted molar refractivity (Wildman–Crippen MR) is 71.0 cm³/mol. The predicted octanol–water partition coefficient (Wildman–Crippen LogP) is 3.47. The number of rotatable bonds is 5. The Morgan fingerprint density at radius 3 is 2.42 bits per heavy atom. The second kappa shape index (κ2) is 5.91. The number of ketones is 1. The van der Waals surface area contributed by atoms with E-state index < -0.39 is 17.6 Å². The van der Waals surface area contributed by atoms with Gasteiger partial charge in [0.05, 0.1) is 11.1 Å². The van der Waals surface area contributed by atoms with E-state index in [1.54, 1.807) is 6.92 Å². The molecule has 0 bridgehead atoms. The summed E-state index contributed by atoms with van der Waals surface area (Å²) in [6.07, 6.45) is 2.52. The van der Waals surface area contributed by atoms with Crippen LogP contribution in [0.3, 0.4) is 0 Å². The largest absolute Gasteiger partial charge is 0.478 e. The number of aromatic carboxylic acids is 1. The number of carboxylic acid groups (broad SMARTS) is 1. The fourth-order valence-electron chi connectivity index (χ4n) is 1.61. The van der Waals surface area contributed by atoms with Crippen molar-refractivity contribution in [1.29, 1.82) is 0 Å². The summed E-state index contributed by atoms with van der Waals surface area (Å²) in [6.45, 7) is 8.06. The molecule has 0 aliphatic rings. The first-order chi connectivity index (χ1) is 8.88. The van der Waals surface area contributed by atoms with Crippen LogP contribution in [0.4, 0.5) is 4.39 Å². The highest BCUT2D eigenvalue weighted by molar-refractivity contribution is 6.11. The van der Waals surface area contributed by atoms with E-state index in [0.29, 0.717) is 5.56 Å². The number of allylic oxidation sites excluding steroid dienone is 4. The van der Waals surface area contributed by atoms with Crippen LogP contribution in [-0.2, 0) is 0 Å². The van der Waals surface area contributed by atoms with Crippen molar-refractivity contribution in [3.63, 3.8) is 0 Å². The molecule has 1 aromatic carbocycles. The van der Waals surface area contributed by atoms with Crippen LogP contribution in [0, 0.1) is 6.92 Å². The summed E-state index contributed by atoms with van der Waals surface area (Å²) in [5.74, 6) is -2.49. The van der Waals surface area contributed by atoms with Gasteiger partial charge in [0, 0.05) is 5.56 Å². The van der Waals surface area contributed by atoms with E-state index in [2.05, 4.69) is 13.2 Å². The molecule has 19 heavy (non-hydrogen) atoms. The Balaban J connectivity index is 3.24. The first kappa shape index (κ1) is 14.6. The Morgan fingerprint density at radius 2 is 2.00 bits per heavy atom. The molecule has 0 fully saturated rings. The summed E-state index contributed by atoms with van der Waals surface area (Å²) in [7, 11) is 0. The molecule has 1 aromatic rings. The van der Waals surface area contributed by atoms with Crippen LogP contribution < -0.4 is 0 Å². The molecule has 0 unspecified atom stereocenters. The van der Waals surface area contributed by atoms with E-state index in [-0.39, 0.29) is 16.7 Å². The van der Waals surface area contributed by atoms with Crippen molar-refractivity contribution < 1.29 is 19.1 Å². The topological polar surface area (TPSA) is 54.4 Å². The Bertz CT molecular complexity index is 597. The maximum Gasteiger partial charge on any atom is 0.335 e. The maximum absolute atomic E-state index is 13.2. The number of benzene rings is 1. The number of carboxylic acids is 1. The van der Waals surface area contributed by atoms with E-state index in [9.17, 15) is 14.0 Å². The highest BCUT2D eigenvalue weighted by atomic mass is 19.1. The van der Waals surface area contributed by atoms with Gasteiger partial charge in [0.15, 0.2) is 5.78 Å². The van der Waals surface area contributed by atoms with Crippen LogP contribution in [-0.4, -0.2) is 16.9 Å². The van der Waals surface area contributed by atoms with E-state index >= 15 is 0 Å². The van der Waals surface area contributed by atoms with E-state index in [4.69, 9.17) is 5.11 Å². The summed E-state index contributed by atoms with van der Waals surface area (Å²) in [6, 6.07) is 4.07. The van der Waals surface area contributed by atoms with Gasteiger partial charge in [-0.3, -0.25) is 4.79 Å². The van der Waals surface area contributed by atoms with Gasteiger partial charge in [-0.15, -0.1) is 0 Å². The lowest BCUT2D eigenvalue weighted by atomic mass is 9.98. The first-order valence-corrected chi connectivity index (χ1v) is 5.44. The summed E-state index contributed by atoms with van der Waals surface area (Å²) in [5.41, 5.74) is 0.539. The Morgan fingerprint density at radius 1 is 1.37 bits per heavy atom.